The standard InChI is InChI=1S/C38H24N8O18S5.6Na.2O3S/c39-36-28(19-32(67(56,57)58)23-18-33(68(59,60)61)37(38(47)35(23)36)45-41-25-14-13-21(65(50,51)52)17-29(25)46(48)49)44-43-27-16-15-24(40-42-26-10-4-5-12-31(26)66(53,54)55)22-9-6-11-30(34(22)27)64-69(62,63)20-7-2-1-3-8-20;;;;;;;2*1-4(2)3/h1-4,7-19,47H,39H2,(H,50,51,52)(H,53,54,55)(H,56,57,58)(H,59,60,61);;;;;;;;/q-2;6*+1;;/p-4. The fourth-order valence-corrected chi connectivity index (χ4v) is 9.59. The number of azo groups is 3. The number of nitro benzene ring substituents is 1. The van der Waals surface area contributed by atoms with Gasteiger partial charge >= 0.3 is 209 Å². The Labute approximate surface area is 604 Å². The monoisotopic (exact) mass is 1330 g/mol. The van der Waals surface area contributed by atoms with Crippen molar-refractivity contribution in [3.8, 4) is 11.5 Å². The van der Waals surface area contributed by atoms with Gasteiger partial charge in [-0.25, -0.2) is 25.3 Å². The van der Waals surface area contributed by atoms with E-state index in [2.05, 4.69) is 42.8 Å². The molecule has 83 heavy (non-hydrogen) atoms. The van der Waals surface area contributed by atoms with E-state index in [1.807, 2.05) is 0 Å². The van der Waals surface area contributed by atoms with E-state index in [0.717, 1.165) is 24.3 Å². The number of hydrogen-bond acceptors (Lipinski definition) is 31. The largest absolute Gasteiger partial charge is 1.00 e. The summed E-state index contributed by atoms with van der Waals surface area (Å²) in [6.07, 6.45) is 0. The molecule has 0 saturated carbocycles. The Morgan fingerprint density at radius 3 is 1.53 bits per heavy atom. The molecule has 404 valence electrons. The predicted molar refractivity (Wildman–Crippen MR) is 249 cm³/mol. The fraction of sp³-hybridized carbons (Fsp3) is 0. The SMILES string of the molecule is Nc1c(N=Nc2ccc(N=Nc3cc[c-]cc3S(=O)(=O)[O-])c3c[c-]cc(OS(=O)(=O)c4ccccc4)c23)cc(S(=O)(=O)[O-])c2cc(S(=O)(=O)[O-])c(N=Nc3ccc(S(=O)(=O)[O-])cc3[N+](=O)[O-])c(O)c12.O=S(=O)=O.O=S(=O)=O.[Na+].[Na+].[Na+].[Na+].[Na+].[Na+]. The Bertz CT molecular complexity index is 4500. The molecular formula is C38H20N8Na6O24S7. The summed E-state index contributed by atoms with van der Waals surface area (Å²) in [7, 11) is -32.8. The van der Waals surface area contributed by atoms with Crippen molar-refractivity contribution >= 4 is 139 Å². The predicted octanol–water partition coefficient (Wildman–Crippen LogP) is -13.6. The molecule has 0 atom stereocenters. The number of nitro groups is 1. The average Bonchev–Trinajstić information content (AvgIpc) is 3.31. The second kappa shape index (κ2) is 34.3. The number of nitrogen functional groups attached to an aromatic ring is 1. The van der Waals surface area contributed by atoms with Gasteiger partial charge in [0, 0.05) is 22.9 Å². The first-order valence-corrected chi connectivity index (χ1v) is 28.2. The second-order valence-corrected chi connectivity index (χ2v) is 21.8. The minimum atomic E-state index is -5.84. The zero-order valence-corrected chi connectivity index (χ0v) is 60.4. The topological polar surface area (TPSA) is 538 Å². The number of benzene rings is 7. The molecule has 0 bridgehead atoms. The number of nitrogens with two attached hydrogens (primary N) is 1. The molecule has 3 N–H and O–H groups in total. The first kappa shape index (κ1) is 82.6. The first-order chi connectivity index (χ1) is 35.6. The maximum absolute atomic E-state index is 13.4. The normalized spacial score (nSPS) is 11.4. The van der Waals surface area contributed by atoms with Gasteiger partial charge in [-0.05, 0) is 59.1 Å². The molecular weight excluding hydrogens is 1310 g/mol. The minimum Gasteiger partial charge on any atom is -0.754 e. The summed E-state index contributed by atoms with van der Waals surface area (Å²) in [6.45, 7) is 0. The van der Waals surface area contributed by atoms with Crippen molar-refractivity contribution < 1.29 is 277 Å². The molecule has 0 aliphatic heterocycles. The van der Waals surface area contributed by atoms with Gasteiger partial charge in [-0.3, -0.25) is 18.5 Å². The van der Waals surface area contributed by atoms with Crippen LogP contribution in [0.3, 0.4) is 0 Å². The van der Waals surface area contributed by atoms with Crippen LogP contribution in [0.5, 0.6) is 11.5 Å². The minimum absolute atomic E-state index is 0. The van der Waals surface area contributed by atoms with E-state index in [-0.39, 0.29) is 217 Å². The van der Waals surface area contributed by atoms with Crippen LogP contribution in [0.4, 0.5) is 45.5 Å². The third-order valence-corrected chi connectivity index (χ3v) is 13.9. The summed E-state index contributed by atoms with van der Waals surface area (Å²) >= 11 is 0. The number of anilines is 1. The van der Waals surface area contributed by atoms with Crippen LogP contribution in [0.1, 0.15) is 0 Å². The van der Waals surface area contributed by atoms with Crippen molar-refractivity contribution in [1.29, 1.82) is 0 Å². The number of fused-ring (bicyclic) bond motifs is 2. The summed E-state index contributed by atoms with van der Waals surface area (Å²) in [4.78, 5) is 5.41. The Morgan fingerprint density at radius 2 is 1.00 bits per heavy atom. The van der Waals surface area contributed by atoms with Gasteiger partial charge in [0.15, 0.2) is 11.4 Å². The quantitative estimate of drug-likeness (QED) is 0.0149. The Kier molecular flexibility index (Phi) is 34.1. The van der Waals surface area contributed by atoms with Crippen LogP contribution in [0.15, 0.2) is 158 Å². The zero-order chi connectivity index (χ0) is 57.6. The van der Waals surface area contributed by atoms with Crippen molar-refractivity contribution in [2.75, 3.05) is 5.73 Å². The Balaban J connectivity index is 0. The van der Waals surface area contributed by atoms with Gasteiger partial charge in [0.1, 0.15) is 46.6 Å². The van der Waals surface area contributed by atoms with E-state index in [1.54, 1.807) is 0 Å². The van der Waals surface area contributed by atoms with Gasteiger partial charge in [0.05, 0.1) is 46.5 Å². The van der Waals surface area contributed by atoms with Gasteiger partial charge in [0.2, 0.25) is 0 Å². The maximum atomic E-state index is 13.4. The molecule has 0 aliphatic rings. The van der Waals surface area contributed by atoms with E-state index < -0.39 is 153 Å². The molecule has 7 aromatic carbocycles. The van der Waals surface area contributed by atoms with Gasteiger partial charge < -0.3 is 33.2 Å². The third-order valence-electron chi connectivity index (χ3n) is 9.27. The van der Waals surface area contributed by atoms with Crippen molar-refractivity contribution in [1.82, 2.24) is 0 Å². The smallest absolute Gasteiger partial charge is 0.754 e. The molecule has 0 spiro atoms. The molecule has 0 fully saturated rings. The molecule has 0 aliphatic carbocycles. The Hall–Kier alpha value is -2.51. The molecule has 0 heterocycles. The Morgan fingerprint density at radius 1 is 0.506 bits per heavy atom. The van der Waals surface area contributed by atoms with Crippen molar-refractivity contribution in [2.45, 2.75) is 24.5 Å². The van der Waals surface area contributed by atoms with Crippen molar-refractivity contribution in [3.63, 3.8) is 0 Å². The van der Waals surface area contributed by atoms with Gasteiger partial charge in [-0.1, -0.05) is 29.0 Å². The summed E-state index contributed by atoms with van der Waals surface area (Å²) in [5, 5.41) is 43.7. The third kappa shape index (κ3) is 22.2. The number of nitrogens with zero attached hydrogens (tertiary/aromatic N) is 7. The van der Waals surface area contributed by atoms with Crippen LogP contribution in [0.25, 0.3) is 21.5 Å². The maximum Gasteiger partial charge on any atom is 1.00 e. The van der Waals surface area contributed by atoms with Gasteiger partial charge in [0.25, 0.3) is 5.69 Å². The first-order valence-electron chi connectivity index (χ1n) is 19.1. The summed E-state index contributed by atoms with van der Waals surface area (Å²) in [6, 6.07) is 21.8. The molecule has 0 saturated heterocycles. The molecule has 45 heteroatoms. The van der Waals surface area contributed by atoms with Crippen LogP contribution in [0, 0.1) is 22.2 Å². The van der Waals surface area contributed by atoms with E-state index in [0.29, 0.717) is 18.2 Å². The number of aromatic hydroxyl groups is 1. The van der Waals surface area contributed by atoms with E-state index >= 15 is 0 Å². The van der Waals surface area contributed by atoms with Crippen LogP contribution in [-0.4, -0.2) is 95.6 Å². The van der Waals surface area contributed by atoms with Crippen LogP contribution < -0.4 is 187 Å². The summed E-state index contributed by atoms with van der Waals surface area (Å²) < 4.78 is 229. The number of hydrogen-bond donors (Lipinski definition) is 2. The van der Waals surface area contributed by atoms with E-state index in [4.69, 9.17) is 35.2 Å². The van der Waals surface area contributed by atoms with Gasteiger partial charge in [-0.2, -0.15) is 54.1 Å². The average molecular weight is 1340 g/mol. The molecule has 0 amide bonds. The number of phenols is 1. The second-order valence-electron chi connectivity index (χ2n) is 14.0. The molecule has 7 aromatic rings. The molecule has 0 radical (unpaired) electrons. The van der Waals surface area contributed by atoms with Crippen molar-refractivity contribution in [2.24, 2.45) is 30.7 Å². The molecule has 7 rings (SSSR count). The summed E-state index contributed by atoms with van der Waals surface area (Å²) in [5.74, 6) is -1.98. The fourth-order valence-electron chi connectivity index (χ4n) is 6.25. The van der Waals surface area contributed by atoms with E-state index in [1.165, 1.54) is 48.5 Å². The molecule has 32 nitrogen and oxygen atoms in total. The van der Waals surface area contributed by atoms with Crippen LogP contribution >= 0.6 is 0 Å². The van der Waals surface area contributed by atoms with Crippen molar-refractivity contribution in [3.05, 3.63) is 125 Å². The molecule has 0 aromatic heterocycles. The van der Waals surface area contributed by atoms with Crippen LogP contribution in [0.2, 0.25) is 0 Å². The zero-order valence-electron chi connectivity index (χ0n) is 42.7. The number of phenolic OH excluding ortho intramolecular Hbond substituents is 1. The summed E-state index contributed by atoms with van der Waals surface area (Å²) in [5.41, 5.74) is 0.414. The van der Waals surface area contributed by atoms with Gasteiger partial charge in [-0.15, -0.1) is 52.7 Å². The van der Waals surface area contributed by atoms with E-state index in [9.17, 15) is 75.5 Å². The number of rotatable bonds is 14. The molecule has 0 unspecified atom stereocenters. The van der Waals surface area contributed by atoms with Crippen LogP contribution in [-0.2, 0) is 71.8 Å².